The number of aromatic nitrogens is 6. The zero-order valence-electron chi connectivity index (χ0n) is 29.5. The molecule has 0 radical (unpaired) electrons. The van der Waals surface area contributed by atoms with Crippen molar-refractivity contribution in [1.29, 1.82) is 0 Å². The van der Waals surface area contributed by atoms with Crippen molar-refractivity contribution in [2.24, 2.45) is 17.8 Å². The first-order valence-electron chi connectivity index (χ1n) is 16.4. The van der Waals surface area contributed by atoms with Crippen molar-refractivity contribution in [2.45, 2.75) is 39.7 Å². The number of esters is 3. The molecule has 56 heavy (non-hydrogen) atoms. The van der Waals surface area contributed by atoms with Crippen LogP contribution >= 0.6 is 0 Å². The van der Waals surface area contributed by atoms with Gasteiger partial charge in [-0.15, -0.1) is 0 Å². The average Bonchev–Trinajstić information content (AvgIpc) is 3.96. The Kier molecular flexibility index (Phi) is 11.7. The van der Waals surface area contributed by atoms with Gasteiger partial charge in [-0.25, -0.2) is 15.0 Å². The Labute approximate surface area is 313 Å². The molecular weight excluding hydrogens is 744 g/mol. The van der Waals surface area contributed by atoms with Crippen LogP contribution < -0.4 is 0 Å². The summed E-state index contributed by atoms with van der Waals surface area (Å²) in [4.78, 5) is 97.6. The lowest BCUT2D eigenvalue weighted by molar-refractivity contribution is -0.394. The highest BCUT2D eigenvalue weighted by Gasteiger charge is 2.36. The first-order chi connectivity index (χ1) is 26.5. The Morgan fingerprint density at radius 3 is 1.82 bits per heavy atom. The van der Waals surface area contributed by atoms with Crippen molar-refractivity contribution in [3.63, 3.8) is 0 Å². The summed E-state index contributed by atoms with van der Waals surface area (Å²) in [5.41, 5.74) is -1.56. The highest BCUT2D eigenvalue weighted by molar-refractivity contribution is 5.88. The number of hydrogen-bond donors (Lipinski definition) is 1. The summed E-state index contributed by atoms with van der Waals surface area (Å²) in [6, 6.07) is 6.01. The molecule has 5 aromatic rings. The van der Waals surface area contributed by atoms with E-state index in [2.05, 4.69) is 19.9 Å². The van der Waals surface area contributed by atoms with E-state index in [0.717, 1.165) is 41.2 Å². The molecule has 23 nitrogen and oxygen atoms in total. The molecule has 0 spiro atoms. The molecule has 3 aromatic heterocycles. The van der Waals surface area contributed by atoms with E-state index < -0.39 is 84.2 Å². The smallest absolute Gasteiger partial charge is 0.320 e. The molecule has 4 unspecified atom stereocenters. The zero-order valence-corrected chi connectivity index (χ0v) is 29.5. The fourth-order valence-electron chi connectivity index (χ4n) is 5.48. The number of non-ortho nitro benzene ring substituents is 2. The predicted octanol–water partition coefficient (Wildman–Crippen LogP) is 4.46. The monoisotopic (exact) mass is 774 g/mol. The zero-order chi connectivity index (χ0) is 40.8. The van der Waals surface area contributed by atoms with E-state index in [1.54, 1.807) is 6.92 Å². The SMILES string of the molecule is CC(Cc1cn(-c2ccc([N+](=O)[O-])cc2[N+](=O)[O-])cn1)C(=O)OC(=O)C(C)C(OC(=O)C(C)Cc1cnc[nH]1)c1cn(-c2ccc([N+](=O)[O-])cc2[N+](=O)[O-])cn1. The quantitative estimate of drug-likeness (QED) is 0.0626. The van der Waals surface area contributed by atoms with Crippen molar-refractivity contribution in [1.82, 2.24) is 29.1 Å². The maximum atomic E-state index is 13.5. The lowest BCUT2D eigenvalue weighted by Gasteiger charge is -2.23. The number of imidazole rings is 3. The summed E-state index contributed by atoms with van der Waals surface area (Å²) in [6.07, 6.45) is 6.45. The van der Waals surface area contributed by atoms with Gasteiger partial charge in [0, 0.05) is 49.3 Å². The second kappa shape index (κ2) is 16.5. The highest BCUT2D eigenvalue weighted by atomic mass is 16.6. The van der Waals surface area contributed by atoms with Crippen LogP contribution in [0.5, 0.6) is 0 Å². The Balaban J connectivity index is 1.35. The van der Waals surface area contributed by atoms with Gasteiger partial charge in [-0.3, -0.25) is 64.0 Å². The van der Waals surface area contributed by atoms with Crippen molar-refractivity contribution in [3.8, 4) is 11.4 Å². The lowest BCUT2D eigenvalue weighted by atomic mass is 10.0. The molecule has 4 atom stereocenters. The van der Waals surface area contributed by atoms with Crippen molar-refractivity contribution in [3.05, 3.63) is 132 Å². The third kappa shape index (κ3) is 8.90. The van der Waals surface area contributed by atoms with E-state index in [-0.39, 0.29) is 35.6 Å². The van der Waals surface area contributed by atoms with E-state index in [0.29, 0.717) is 5.69 Å². The van der Waals surface area contributed by atoms with Gasteiger partial charge in [0.25, 0.3) is 22.7 Å². The fourth-order valence-corrected chi connectivity index (χ4v) is 5.48. The van der Waals surface area contributed by atoms with Gasteiger partial charge < -0.3 is 14.5 Å². The van der Waals surface area contributed by atoms with Gasteiger partial charge in [0.2, 0.25) is 0 Å². The first-order valence-corrected chi connectivity index (χ1v) is 16.4. The number of hydrogen-bond acceptors (Lipinski definition) is 16. The molecule has 0 saturated carbocycles. The van der Waals surface area contributed by atoms with Gasteiger partial charge in [-0.05, 0) is 19.1 Å². The maximum absolute atomic E-state index is 13.5. The minimum atomic E-state index is -1.49. The van der Waals surface area contributed by atoms with Crippen LogP contribution in [-0.4, -0.2) is 66.7 Å². The molecule has 0 aliphatic carbocycles. The fraction of sp³-hybridized carbons (Fsp3) is 0.273. The molecule has 0 amide bonds. The topological polar surface area (TPSA) is 307 Å². The second-order valence-corrected chi connectivity index (χ2v) is 12.5. The third-order valence-electron chi connectivity index (χ3n) is 8.49. The Morgan fingerprint density at radius 2 is 1.29 bits per heavy atom. The number of rotatable bonds is 16. The molecule has 0 saturated heterocycles. The van der Waals surface area contributed by atoms with Crippen LogP contribution in [0.1, 0.15) is 44.0 Å². The van der Waals surface area contributed by atoms with Gasteiger partial charge >= 0.3 is 17.9 Å². The van der Waals surface area contributed by atoms with Crippen molar-refractivity contribution >= 4 is 40.7 Å². The molecule has 5 rings (SSSR count). The van der Waals surface area contributed by atoms with Gasteiger partial charge in [0.05, 0.1) is 74.3 Å². The molecule has 0 fully saturated rings. The molecular formula is C33H30N10O13. The number of carbonyl (C=O) groups excluding carboxylic acids is 3. The number of nitrogens with zero attached hydrogens (tertiary/aromatic N) is 9. The second-order valence-electron chi connectivity index (χ2n) is 12.5. The Hall–Kier alpha value is -7.72. The van der Waals surface area contributed by atoms with Crippen LogP contribution in [0, 0.1) is 58.2 Å². The largest absolute Gasteiger partial charge is 0.455 e. The molecule has 23 heteroatoms. The van der Waals surface area contributed by atoms with Gasteiger partial charge in [-0.1, -0.05) is 13.8 Å². The van der Waals surface area contributed by atoms with E-state index in [4.69, 9.17) is 9.47 Å². The highest BCUT2D eigenvalue weighted by Crippen LogP contribution is 2.32. The summed E-state index contributed by atoms with van der Waals surface area (Å²) >= 11 is 0. The number of aromatic amines is 1. The normalized spacial score (nSPS) is 13.2. The molecule has 0 bridgehead atoms. The summed E-state index contributed by atoms with van der Waals surface area (Å²) in [5, 5.41) is 45.8. The number of benzene rings is 2. The number of nitro groups is 4. The lowest BCUT2D eigenvalue weighted by Crippen LogP contribution is -2.31. The van der Waals surface area contributed by atoms with Crippen LogP contribution in [0.25, 0.3) is 11.4 Å². The average molecular weight is 775 g/mol. The summed E-state index contributed by atoms with van der Waals surface area (Å²) in [5.74, 6) is -6.05. The standard InChI is InChI=1S/C33H30N10O13/c1-18(8-21-12-34-15-35-21)31(44)55-30(25-14-39(17-37-25)27-7-5-24(41(49)50)11-29(27)43(53)54)20(3)33(46)56-32(45)19(2)9-22-13-38(16-36-22)26-6-4-23(40(47)48)10-28(26)42(51)52/h4-7,10-20,30H,8-9H2,1-3H3,(H,34,35). The minimum absolute atomic E-state index is 0.0244. The van der Waals surface area contributed by atoms with E-state index >= 15 is 0 Å². The molecule has 1 N–H and O–H groups in total. The van der Waals surface area contributed by atoms with E-state index in [1.807, 2.05) is 0 Å². The maximum Gasteiger partial charge on any atom is 0.320 e. The Morgan fingerprint density at radius 1 is 0.732 bits per heavy atom. The van der Waals surface area contributed by atoms with Gasteiger partial charge in [0.15, 0.2) is 6.10 Å². The third-order valence-corrected chi connectivity index (χ3v) is 8.49. The number of carbonyl (C=O) groups is 3. The predicted molar refractivity (Wildman–Crippen MR) is 187 cm³/mol. The van der Waals surface area contributed by atoms with Gasteiger partial charge in [0.1, 0.15) is 17.1 Å². The van der Waals surface area contributed by atoms with Crippen LogP contribution in [0.2, 0.25) is 0 Å². The minimum Gasteiger partial charge on any atom is -0.455 e. The summed E-state index contributed by atoms with van der Waals surface area (Å²) in [6.45, 7) is 4.30. The van der Waals surface area contributed by atoms with Crippen LogP contribution in [-0.2, 0) is 36.7 Å². The number of H-pyrrole nitrogens is 1. The first kappa shape index (κ1) is 39.5. The number of nitrogens with one attached hydrogen (secondary N) is 1. The number of ether oxygens (including phenoxy) is 2. The van der Waals surface area contributed by atoms with Crippen LogP contribution in [0.4, 0.5) is 22.7 Å². The van der Waals surface area contributed by atoms with Crippen molar-refractivity contribution in [2.75, 3.05) is 0 Å². The molecule has 290 valence electrons. The summed E-state index contributed by atoms with van der Waals surface area (Å²) in [7, 11) is 0. The van der Waals surface area contributed by atoms with Crippen LogP contribution in [0.15, 0.2) is 74.0 Å². The van der Waals surface area contributed by atoms with Crippen LogP contribution in [0.3, 0.4) is 0 Å². The van der Waals surface area contributed by atoms with Crippen molar-refractivity contribution < 1.29 is 43.6 Å². The van der Waals surface area contributed by atoms with E-state index in [1.165, 1.54) is 55.7 Å². The molecule has 0 aliphatic rings. The van der Waals surface area contributed by atoms with Gasteiger partial charge in [-0.2, -0.15) is 0 Å². The molecule has 0 aliphatic heterocycles. The Bertz CT molecular complexity index is 2340. The molecule has 3 heterocycles. The van der Waals surface area contributed by atoms with E-state index in [9.17, 15) is 54.8 Å². The number of nitro benzene ring substituents is 4. The summed E-state index contributed by atoms with van der Waals surface area (Å²) < 4.78 is 13.3. The molecule has 2 aromatic carbocycles.